The number of carbonyl (C=O) groups is 1. The van der Waals surface area contributed by atoms with Crippen molar-refractivity contribution < 1.29 is 9.18 Å². The summed E-state index contributed by atoms with van der Waals surface area (Å²) in [5.41, 5.74) is 12.5. The molecule has 0 saturated heterocycles. The van der Waals surface area contributed by atoms with Gasteiger partial charge >= 0.3 is 0 Å². The monoisotopic (exact) mass is 184 g/mol. The largest absolute Gasteiger partial charge is 0.397 e. The van der Waals surface area contributed by atoms with Gasteiger partial charge in [0.15, 0.2) is 0 Å². The molecular weight excluding hydrogens is 175 g/mol. The van der Waals surface area contributed by atoms with E-state index in [9.17, 15) is 9.18 Å². The molecule has 1 aromatic carbocycles. The van der Waals surface area contributed by atoms with Gasteiger partial charge in [-0.3, -0.25) is 10.2 Å². The summed E-state index contributed by atoms with van der Waals surface area (Å²) >= 11 is 0. The molecule has 70 valence electrons. The SMILES string of the molecule is NNC(=O)c1cc(F)cc(N)c1N. The number of halogens is 1. The van der Waals surface area contributed by atoms with E-state index in [1.807, 2.05) is 5.43 Å². The number of benzene rings is 1. The van der Waals surface area contributed by atoms with Crippen LogP contribution in [0.15, 0.2) is 12.1 Å². The minimum atomic E-state index is -0.677. The Morgan fingerprint density at radius 3 is 2.54 bits per heavy atom. The first-order chi connectivity index (χ1) is 6.06. The van der Waals surface area contributed by atoms with Crippen LogP contribution in [0.1, 0.15) is 10.4 Å². The molecule has 1 amide bonds. The van der Waals surface area contributed by atoms with Gasteiger partial charge in [-0.05, 0) is 12.1 Å². The molecule has 0 fully saturated rings. The summed E-state index contributed by atoms with van der Waals surface area (Å²) < 4.78 is 12.7. The van der Waals surface area contributed by atoms with Crippen LogP contribution in [0.3, 0.4) is 0 Å². The van der Waals surface area contributed by atoms with E-state index in [2.05, 4.69) is 0 Å². The van der Waals surface area contributed by atoms with E-state index in [0.717, 1.165) is 12.1 Å². The van der Waals surface area contributed by atoms with Gasteiger partial charge in [-0.2, -0.15) is 0 Å². The molecule has 0 heterocycles. The molecule has 0 bridgehead atoms. The summed E-state index contributed by atoms with van der Waals surface area (Å²) in [7, 11) is 0. The molecule has 0 radical (unpaired) electrons. The van der Waals surface area contributed by atoms with Crippen LogP contribution in [0, 0.1) is 5.82 Å². The third-order valence-corrected chi connectivity index (χ3v) is 1.55. The Hall–Kier alpha value is -1.82. The molecule has 0 spiro atoms. The third kappa shape index (κ3) is 1.67. The summed E-state index contributed by atoms with van der Waals surface area (Å²) in [6.45, 7) is 0. The minimum absolute atomic E-state index is 0.0126. The molecule has 0 aliphatic rings. The van der Waals surface area contributed by atoms with Gasteiger partial charge in [-0.1, -0.05) is 0 Å². The van der Waals surface area contributed by atoms with Crippen LogP contribution in [-0.4, -0.2) is 5.91 Å². The number of hydrazine groups is 1. The molecule has 0 saturated carbocycles. The van der Waals surface area contributed by atoms with E-state index in [-0.39, 0.29) is 16.9 Å². The zero-order valence-electron chi connectivity index (χ0n) is 6.67. The van der Waals surface area contributed by atoms with Crippen LogP contribution in [0.25, 0.3) is 0 Å². The Labute approximate surface area is 73.7 Å². The highest BCUT2D eigenvalue weighted by atomic mass is 19.1. The Bertz CT molecular complexity index is 353. The van der Waals surface area contributed by atoms with Crippen LogP contribution in [-0.2, 0) is 0 Å². The van der Waals surface area contributed by atoms with Crippen LogP contribution in [0.2, 0.25) is 0 Å². The fourth-order valence-electron chi connectivity index (χ4n) is 0.905. The summed E-state index contributed by atoms with van der Waals surface area (Å²) in [6.07, 6.45) is 0. The lowest BCUT2D eigenvalue weighted by molar-refractivity contribution is 0.0954. The molecular formula is C7H9FN4O. The summed E-state index contributed by atoms with van der Waals surface area (Å²) in [6, 6.07) is 2.00. The van der Waals surface area contributed by atoms with Gasteiger partial charge in [0.05, 0.1) is 16.9 Å². The van der Waals surface area contributed by atoms with E-state index >= 15 is 0 Å². The lowest BCUT2D eigenvalue weighted by Gasteiger charge is -2.06. The number of nitrogens with one attached hydrogen (secondary N) is 1. The molecule has 13 heavy (non-hydrogen) atoms. The summed E-state index contributed by atoms with van der Waals surface area (Å²) in [4.78, 5) is 11.0. The van der Waals surface area contributed by atoms with Crippen molar-refractivity contribution in [3.05, 3.63) is 23.5 Å². The number of hydrogen-bond acceptors (Lipinski definition) is 4. The Kier molecular flexibility index (Phi) is 2.34. The molecule has 0 aromatic heterocycles. The third-order valence-electron chi connectivity index (χ3n) is 1.55. The van der Waals surface area contributed by atoms with Crippen LogP contribution >= 0.6 is 0 Å². The molecule has 0 atom stereocenters. The highest BCUT2D eigenvalue weighted by Crippen LogP contribution is 2.21. The molecule has 0 aliphatic carbocycles. The molecule has 7 N–H and O–H groups in total. The highest BCUT2D eigenvalue weighted by Gasteiger charge is 2.12. The van der Waals surface area contributed by atoms with Gasteiger partial charge in [-0.15, -0.1) is 0 Å². The van der Waals surface area contributed by atoms with Crippen molar-refractivity contribution in [3.63, 3.8) is 0 Å². The van der Waals surface area contributed by atoms with Crippen molar-refractivity contribution in [2.45, 2.75) is 0 Å². The molecule has 0 unspecified atom stereocenters. The van der Waals surface area contributed by atoms with Gasteiger partial charge in [0, 0.05) is 0 Å². The maximum Gasteiger partial charge on any atom is 0.267 e. The summed E-state index contributed by atoms with van der Waals surface area (Å²) in [5, 5.41) is 0. The standard InChI is InChI=1S/C7H9FN4O/c8-3-1-4(7(13)12-11)6(10)5(9)2-3/h1-2H,9-11H2,(H,12,13). The quantitative estimate of drug-likeness (QED) is 0.206. The normalized spacial score (nSPS) is 9.69. The van der Waals surface area contributed by atoms with Crippen molar-refractivity contribution in [2.24, 2.45) is 5.84 Å². The smallest absolute Gasteiger partial charge is 0.267 e. The molecule has 6 heteroatoms. The number of rotatable bonds is 1. The Morgan fingerprint density at radius 2 is 2.00 bits per heavy atom. The second kappa shape index (κ2) is 3.28. The maximum absolute atomic E-state index is 12.7. The number of amides is 1. The predicted octanol–water partition coefficient (Wildman–Crippen LogP) is -0.406. The van der Waals surface area contributed by atoms with Crippen LogP contribution in [0.5, 0.6) is 0 Å². The fraction of sp³-hybridized carbons (Fsp3) is 0. The van der Waals surface area contributed by atoms with Crippen molar-refractivity contribution in [1.82, 2.24) is 5.43 Å². The summed E-state index contributed by atoms with van der Waals surface area (Å²) in [5.74, 6) is 3.54. The van der Waals surface area contributed by atoms with Crippen molar-refractivity contribution in [1.29, 1.82) is 0 Å². The predicted molar refractivity (Wildman–Crippen MR) is 46.9 cm³/mol. The number of nitrogens with two attached hydrogens (primary N) is 3. The number of carbonyl (C=O) groups excluding carboxylic acids is 1. The van der Waals surface area contributed by atoms with Crippen molar-refractivity contribution in [2.75, 3.05) is 11.5 Å². The van der Waals surface area contributed by atoms with E-state index in [0.29, 0.717) is 0 Å². The van der Waals surface area contributed by atoms with Gasteiger partial charge < -0.3 is 11.5 Å². The lowest BCUT2D eigenvalue weighted by atomic mass is 10.1. The Morgan fingerprint density at radius 1 is 1.38 bits per heavy atom. The molecule has 1 rings (SSSR count). The van der Waals surface area contributed by atoms with Gasteiger partial charge in [0.25, 0.3) is 5.91 Å². The molecule has 1 aromatic rings. The van der Waals surface area contributed by atoms with Crippen molar-refractivity contribution >= 4 is 17.3 Å². The molecule has 5 nitrogen and oxygen atoms in total. The first-order valence-corrected chi connectivity index (χ1v) is 3.41. The van der Waals surface area contributed by atoms with Gasteiger partial charge in [0.2, 0.25) is 0 Å². The fourth-order valence-corrected chi connectivity index (χ4v) is 0.905. The van der Waals surface area contributed by atoms with E-state index < -0.39 is 11.7 Å². The topological polar surface area (TPSA) is 107 Å². The van der Waals surface area contributed by atoms with E-state index in [4.69, 9.17) is 17.3 Å². The van der Waals surface area contributed by atoms with Crippen LogP contribution < -0.4 is 22.7 Å². The minimum Gasteiger partial charge on any atom is -0.397 e. The lowest BCUT2D eigenvalue weighted by Crippen LogP contribution is -2.30. The van der Waals surface area contributed by atoms with Gasteiger partial charge in [-0.25, -0.2) is 10.2 Å². The van der Waals surface area contributed by atoms with Crippen molar-refractivity contribution in [3.8, 4) is 0 Å². The van der Waals surface area contributed by atoms with E-state index in [1.165, 1.54) is 0 Å². The first kappa shape index (κ1) is 9.27. The number of anilines is 2. The highest BCUT2D eigenvalue weighted by molar-refractivity contribution is 6.01. The second-order valence-corrected chi connectivity index (χ2v) is 2.43. The first-order valence-electron chi connectivity index (χ1n) is 3.41. The average molecular weight is 184 g/mol. The van der Waals surface area contributed by atoms with E-state index in [1.54, 1.807) is 0 Å². The molecule has 0 aliphatic heterocycles. The average Bonchev–Trinajstić information content (AvgIpc) is 2.10. The number of nitrogen functional groups attached to an aromatic ring is 3. The Balaban J connectivity index is 3.28. The zero-order valence-corrected chi connectivity index (χ0v) is 6.67. The van der Waals surface area contributed by atoms with Gasteiger partial charge in [0.1, 0.15) is 5.82 Å². The second-order valence-electron chi connectivity index (χ2n) is 2.43. The van der Waals surface area contributed by atoms with Crippen LogP contribution in [0.4, 0.5) is 15.8 Å². The zero-order chi connectivity index (χ0) is 10.0. The maximum atomic E-state index is 12.7. The number of hydrogen-bond donors (Lipinski definition) is 4.